The maximum absolute atomic E-state index is 12.0. The number of hydrogen-bond acceptors (Lipinski definition) is 5. The van der Waals surface area contributed by atoms with Crippen molar-refractivity contribution in [1.29, 1.82) is 0 Å². The van der Waals surface area contributed by atoms with Gasteiger partial charge in [0.1, 0.15) is 11.8 Å². The highest BCUT2D eigenvalue weighted by Crippen LogP contribution is 2.21. The molecule has 0 spiro atoms. The summed E-state index contributed by atoms with van der Waals surface area (Å²) < 4.78 is 26.2. The smallest absolute Gasteiger partial charge is 0.326 e. The summed E-state index contributed by atoms with van der Waals surface area (Å²) in [6.45, 7) is 0. The van der Waals surface area contributed by atoms with Crippen LogP contribution in [0.15, 0.2) is 46.0 Å². The molecule has 3 N–H and O–H groups in total. The first-order valence-electron chi connectivity index (χ1n) is 5.46. The molecular formula is C12H11NO5S2. The molecule has 0 radical (unpaired) electrons. The van der Waals surface area contributed by atoms with Crippen LogP contribution >= 0.6 is 11.3 Å². The van der Waals surface area contributed by atoms with E-state index >= 15 is 0 Å². The highest BCUT2D eigenvalue weighted by molar-refractivity contribution is 7.89. The zero-order valence-electron chi connectivity index (χ0n) is 10.1. The molecule has 6 nitrogen and oxygen atoms in total. The van der Waals surface area contributed by atoms with Gasteiger partial charge in [0.2, 0.25) is 10.0 Å². The standard InChI is InChI=1S/C12H11NO5S2/c14-9-3-1-8(2-4-9)11(12(15)16)13-20(17,18)10-5-6-19-7-10/h1-7,11,13-14H,(H,15,16)/t11-/m0/s1. The van der Waals surface area contributed by atoms with E-state index in [0.29, 0.717) is 0 Å². The van der Waals surface area contributed by atoms with E-state index in [9.17, 15) is 18.3 Å². The Labute approximate surface area is 119 Å². The van der Waals surface area contributed by atoms with Crippen LogP contribution in [0, 0.1) is 0 Å². The van der Waals surface area contributed by atoms with Crippen LogP contribution in [0.4, 0.5) is 0 Å². The molecule has 1 aromatic carbocycles. The molecule has 2 aromatic rings. The minimum absolute atomic E-state index is 0.0209. The Balaban J connectivity index is 2.32. The molecule has 1 atom stereocenters. The third kappa shape index (κ3) is 3.16. The summed E-state index contributed by atoms with van der Waals surface area (Å²) in [6.07, 6.45) is 0. The Morgan fingerprint density at radius 3 is 2.35 bits per heavy atom. The average molecular weight is 313 g/mol. The Hall–Kier alpha value is -1.90. The number of hydrogen-bond donors (Lipinski definition) is 3. The predicted octanol–water partition coefficient (Wildman–Crippen LogP) is 1.56. The lowest BCUT2D eigenvalue weighted by Gasteiger charge is -2.14. The van der Waals surface area contributed by atoms with E-state index in [1.165, 1.54) is 47.0 Å². The van der Waals surface area contributed by atoms with Gasteiger partial charge in [0.25, 0.3) is 0 Å². The number of carboxylic acids is 1. The van der Waals surface area contributed by atoms with Crippen molar-refractivity contribution in [3.8, 4) is 5.75 Å². The largest absolute Gasteiger partial charge is 0.508 e. The molecule has 0 aliphatic rings. The molecule has 0 aliphatic heterocycles. The van der Waals surface area contributed by atoms with Gasteiger partial charge in [0.15, 0.2) is 0 Å². The van der Waals surface area contributed by atoms with Crippen LogP contribution in [0.3, 0.4) is 0 Å². The average Bonchev–Trinajstić information content (AvgIpc) is 2.91. The quantitative estimate of drug-likeness (QED) is 0.777. The second-order valence-corrected chi connectivity index (χ2v) is 6.44. The number of aliphatic carboxylic acids is 1. The Bertz CT molecular complexity index is 692. The number of phenols is 1. The van der Waals surface area contributed by atoms with Gasteiger partial charge in [-0.05, 0) is 29.1 Å². The third-order valence-electron chi connectivity index (χ3n) is 2.55. The first kappa shape index (κ1) is 14.5. The third-order valence-corrected chi connectivity index (χ3v) is 4.80. The number of thiophene rings is 1. The van der Waals surface area contributed by atoms with Crippen LogP contribution in [-0.4, -0.2) is 24.6 Å². The van der Waals surface area contributed by atoms with E-state index in [2.05, 4.69) is 4.72 Å². The molecule has 0 saturated carbocycles. The van der Waals surface area contributed by atoms with Crippen molar-refractivity contribution < 1.29 is 23.4 Å². The first-order chi connectivity index (χ1) is 9.40. The van der Waals surface area contributed by atoms with E-state index in [1.807, 2.05) is 0 Å². The van der Waals surface area contributed by atoms with Crippen molar-refractivity contribution >= 4 is 27.3 Å². The van der Waals surface area contributed by atoms with Gasteiger partial charge in [0.05, 0.1) is 4.90 Å². The number of aromatic hydroxyl groups is 1. The van der Waals surface area contributed by atoms with Crippen molar-refractivity contribution in [2.24, 2.45) is 0 Å². The van der Waals surface area contributed by atoms with Crippen LogP contribution in [-0.2, 0) is 14.8 Å². The van der Waals surface area contributed by atoms with E-state index < -0.39 is 22.0 Å². The van der Waals surface area contributed by atoms with Crippen molar-refractivity contribution in [3.05, 3.63) is 46.7 Å². The van der Waals surface area contributed by atoms with Gasteiger partial charge in [-0.1, -0.05) is 12.1 Å². The number of phenolic OH excluding ortho intramolecular Hbond substituents is 1. The molecule has 106 valence electrons. The number of carboxylic acid groups (broad SMARTS) is 1. The fraction of sp³-hybridized carbons (Fsp3) is 0.0833. The zero-order valence-corrected chi connectivity index (χ0v) is 11.7. The highest BCUT2D eigenvalue weighted by atomic mass is 32.2. The molecule has 0 unspecified atom stereocenters. The van der Waals surface area contributed by atoms with Crippen LogP contribution in [0.2, 0.25) is 0 Å². The van der Waals surface area contributed by atoms with Gasteiger partial charge in [-0.3, -0.25) is 4.79 Å². The van der Waals surface area contributed by atoms with Gasteiger partial charge >= 0.3 is 5.97 Å². The van der Waals surface area contributed by atoms with E-state index in [-0.39, 0.29) is 16.2 Å². The van der Waals surface area contributed by atoms with E-state index in [4.69, 9.17) is 5.11 Å². The maximum atomic E-state index is 12.0. The van der Waals surface area contributed by atoms with Crippen LogP contribution in [0.5, 0.6) is 5.75 Å². The molecule has 0 aliphatic carbocycles. The number of sulfonamides is 1. The fourth-order valence-corrected chi connectivity index (χ4v) is 3.76. The molecule has 1 heterocycles. The van der Waals surface area contributed by atoms with Crippen molar-refractivity contribution in [2.75, 3.05) is 0 Å². The summed E-state index contributed by atoms with van der Waals surface area (Å²) in [5.74, 6) is -1.35. The summed E-state index contributed by atoms with van der Waals surface area (Å²) in [6, 6.07) is 5.27. The molecule has 0 amide bonds. The van der Waals surface area contributed by atoms with Gasteiger partial charge in [-0.2, -0.15) is 16.1 Å². The summed E-state index contributed by atoms with van der Waals surface area (Å²) in [4.78, 5) is 11.3. The Morgan fingerprint density at radius 2 is 1.85 bits per heavy atom. The summed E-state index contributed by atoms with van der Waals surface area (Å²) in [5.41, 5.74) is 0.231. The summed E-state index contributed by atoms with van der Waals surface area (Å²) in [7, 11) is -3.90. The minimum Gasteiger partial charge on any atom is -0.508 e. The molecule has 0 bridgehead atoms. The Morgan fingerprint density at radius 1 is 1.20 bits per heavy atom. The van der Waals surface area contributed by atoms with Gasteiger partial charge in [-0.15, -0.1) is 0 Å². The van der Waals surface area contributed by atoms with Gasteiger partial charge in [0, 0.05) is 5.38 Å². The molecule has 20 heavy (non-hydrogen) atoms. The topological polar surface area (TPSA) is 104 Å². The molecule has 0 fully saturated rings. The summed E-state index contributed by atoms with van der Waals surface area (Å²) in [5, 5.41) is 21.3. The minimum atomic E-state index is -3.90. The molecular weight excluding hydrogens is 302 g/mol. The van der Waals surface area contributed by atoms with Crippen LogP contribution < -0.4 is 4.72 Å². The molecule has 0 saturated heterocycles. The SMILES string of the molecule is O=C(O)[C@@H](NS(=O)(=O)c1ccsc1)c1ccc(O)cc1. The van der Waals surface area contributed by atoms with Crippen molar-refractivity contribution in [2.45, 2.75) is 10.9 Å². The normalized spacial score (nSPS) is 13.0. The highest BCUT2D eigenvalue weighted by Gasteiger charge is 2.27. The van der Waals surface area contributed by atoms with E-state index in [0.717, 1.165) is 0 Å². The first-order valence-corrected chi connectivity index (χ1v) is 7.89. The number of nitrogens with one attached hydrogen (secondary N) is 1. The van der Waals surface area contributed by atoms with E-state index in [1.54, 1.807) is 5.38 Å². The molecule has 2 rings (SSSR count). The fourth-order valence-electron chi connectivity index (χ4n) is 1.56. The zero-order chi connectivity index (χ0) is 14.8. The molecule has 8 heteroatoms. The second-order valence-electron chi connectivity index (χ2n) is 3.94. The number of benzene rings is 1. The monoisotopic (exact) mass is 313 g/mol. The second kappa shape index (κ2) is 5.61. The maximum Gasteiger partial charge on any atom is 0.326 e. The number of carbonyl (C=O) groups is 1. The Kier molecular flexibility index (Phi) is 4.07. The van der Waals surface area contributed by atoms with Crippen molar-refractivity contribution in [3.63, 3.8) is 0 Å². The van der Waals surface area contributed by atoms with Crippen molar-refractivity contribution in [1.82, 2.24) is 4.72 Å². The summed E-state index contributed by atoms with van der Waals surface area (Å²) >= 11 is 1.20. The lowest BCUT2D eigenvalue weighted by atomic mass is 10.1. The molecule has 1 aromatic heterocycles. The predicted molar refractivity (Wildman–Crippen MR) is 73.1 cm³/mol. The lowest BCUT2D eigenvalue weighted by molar-refractivity contribution is -0.139. The number of rotatable bonds is 5. The van der Waals surface area contributed by atoms with Gasteiger partial charge < -0.3 is 10.2 Å². The van der Waals surface area contributed by atoms with Crippen LogP contribution in [0.25, 0.3) is 0 Å². The van der Waals surface area contributed by atoms with Crippen LogP contribution in [0.1, 0.15) is 11.6 Å². The van der Waals surface area contributed by atoms with Gasteiger partial charge in [-0.25, -0.2) is 8.42 Å². The lowest BCUT2D eigenvalue weighted by Crippen LogP contribution is -2.33.